The molecule has 1 N–H and O–H groups in total. The van der Waals surface area contributed by atoms with Gasteiger partial charge < -0.3 is 9.47 Å². The van der Waals surface area contributed by atoms with Gasteiger partial charge in [0.15, 0.2) is 17.3 Å². The molecule has 0 spiro atoms. The van der Waals surface area contributed by atoms with Crippen LogP contribution < -0.4 is 9.47 Å². The van der Waals surface area contributed by atoms with Crippen molar-refractivity contribution in [1.29, 1.82) is 0 Å². The van der Waals surface area contributed by atoms with Crippen molar-refractivity contribution in [3.05, 3.63) is 34.4 Å². The molecule has 2 rings (SSSR count). The number of benzene rings is 1. The summed E-state index contributed by atoms with van der Waals surface area (Å²) in [5.41, 5.74) is 0.721. The maximum absolute atomic E-state index is 5.66. The number of aromatic amines is 1. The number of ether oxygens (including phenoxy) is 2. The third kappa shape index (κ3) is 4.23. The average molecular weight is 348 g/mol. The van der Waals surface area contributed by atoms with Crippen LogP contribution in [0.5, 0.6) is 11.5 Å². The highest BCUT2D eigenvalue weighted by molar-refractivity contribution is 7.71. The molecule has 24 heavy (non-hydrogen) atoms. The zero-order valence-electron chi connectivity index (χ0n) is 14.8. The Balaban J connectivity index is 2.30. The topological polar surface area (TPSA) is 64.4 Å². The van der Waals surface area contributed by atoms with E-state index in [1.807, 2.05) is 18.2 Å². The number of rotatable bonds is 6. The quantitative estimate of drug-likeness (QED) is 0.635. The zero-order valence-corrected chi connectivity index (χ0v) is 15.6. The van der Waals surface area contributed by atoms with E-state index in [1.165, 1.54) is 0 Å². The Hall–Kier alpha value is -2.15. The maximum Gasteiger partial charge on any atom is 0.216 e. The largest absolute Gasteiger partial charge is 0.493 e. The molecule has 0 saturated heterocycles. The summed E-state index contributed by atoms with van der Waals surface area (Å²) in [6.07, 6.45) is 2.67. The van der Waals surface area contributed by atoms with Gasteiger partial charge in [0.05, 0.1) is 19.9 Å². The summed E-state index contributed by atoms with van der Waals surface area (Å²) >= 11 is 5.26. The van der Waals surface area contributed by atoms with Crippen molar-refractivity contribution in [3.63, 3.8) is 0 Å². The highest BCUT2D eigenvalue weighted by Crippen LogP contribution is 2.27. The van der Waals surface area contributed by atoms with Crippen LogP contribution in [0.1, 0.15) is 45.5 Å². The van der Waals surface area contributed by atoms with Gasteiger partial charge in [-0.15, -0.1) is 0 Å². The fraction of sp³-hybridized carbons (Fsp3) is 0.471. The van der Waals surface area contributed by atoms with Gasteiger partial charge in [-0.1, -0.05) is 27.7 Å². The van der Waals surface area contributed by atoms with E-state index in [2.05, 4.69) is 43.0 Å². The Morgan fingerprint density at radius 1 is 1.33 bits per heavy atom. The van der Waals surface area contributed by atoms with Crippen LogP contribution >= 0.6 is 12.2 Å². The molecule has 0 saturated carbocycles. The minimum atomic E-state index is -0.166. The van der Waals surface area contributed by atoms with Crippen molar-refractivity contribution in [1.82, 2.24) is 14.9 Å². The van der Waals surface area contributed by atoms with E-state index in [0.717, 1.165) is 23.6 Å². The first-order valence-electron chi connectivity index (χ1n) is 7.90. The number of aromatic nitrogens is 3. The first-order chi connectivity index (χ1) is 11.4. The molecule has 0 radical (unpaired) electrons. The average Bonchev–Trinajstić information content (AvgIpc) is 2.92. The summed E-state index contributed by atoms with van der Waals surface area (Å²) in [5, 5.41) is 11.5. The minimum Gasteiger partial charge on any atom is -0.493 e. The standard InChI is InChI=1S/C17H24N4O2S/c1-6-9-23-13-8-7-12(10-14(13)22-5)11-18-21-15(17(2,3)4)19-20-16(21)24/h7-8,10-11H,6,9H2,1-5H3,(H,20,24)/b18-11-. The van der Waals surface area contributed by atoms with Crippen molar-refractivity contribution < 1.29 is 9.47 Å². The van der Waals surface area contributed by atoms with Gasteiger partial charge in [0.1, 0.15) is 0 Å². The van der Waals surface area contributed by atoms with Crippen molar-refractivity contribution in [2.24, 2.45) is 5.10 Å². The lowest BCUT2D eigenvalue weighted by molar-refractivity contribution is 0.294. The fourth-order valence-electron chi connectivity index (χ4n) is 2.10. The van der Waals surface area contributed by atoms with E-state index in [-0.39, 0.29) is 5.41 Å². The SMILES string of the molecule is CCCOc1ccc(/C=N\n2c(C(C)(C)C)n[nH]c2=S)cc1OC. The second-order valence-electron chi connectivity index (χ2n) is 6.42. The molecule has 2 aromatic rings. The van der Waals surface area contributed by atoms with Gasteiger partial charge in [-0.05, 0) is 42.4 Å². The first kappa shape index (κ1) is 18.2. The third-order valence-electron chi connectivity index (χ3n) is 3.29. The lowest BCUT2D eigenvalue weighted by Crippen LogP contribution is -2.17. The van der Waals surface area contributed by atoms with Gasteiger partial charge >= 0.3 is 0 Å². The van der Waals surface area contributed by atoms with Gasteiger partial charge in [0, 0.05) is 5.41 Å². The van der Waals surface area contributed by atoms with Crippen LogP contribution in [0.3, 0.4) is 0 Å². The Morgan fingerprint density at radius 3 is 2.71 bits per heavy atom. The van der Waals surface area contributed by atoms with Crippen LogP contribution in [-0.2, 0) is 5.41 Å². The van der Waals surface area contributed by atoms with E-state index in [9.17, 15) is 0 Å². The molecule has 0 aliphatic rings. The summed E-state index contributed by atoms with van der Waals surface area (Å²) in [7, 11) is 1.62. The molecule has 7 heteroatoms. The molecule has 0 atom stereocenters. The molecule has 1 aromatic heterocycles. The molecule has 1 heterocycles. The van der Waals surface area contributed by atoms with E-state index in [0.29, 0.717) is 17.1 Å². The highest BCUT2D eigenvalue weighted by atomic mass is 32.1. The lowest BCUT2D eigenvalue weighted by atomic mass is 9.96. The van der Waals surface area contributed by atoms with Crippen molar-refractivity contribution >= 4 is 18.4 Å². The highest BCUT2D eigenvalue weighted by Gasteiger charge is 2.21. The summed E-state index contributed by atoms with van der Waals surface area (Å²) in [6.45, 7) is 8.91. The smallest absolute Gasteiger partial charge is 0.216 e. The predicted octanol–water partition coefficient (Wildman–Crippen LogP) is 3.92. The Bertz CT molecular complexity index is 772. The van der Waals surface area contributed by atoms with Crippen LogP contribution in [0, 0.1) is 4.77 Å². The second-order valence-corrected chi connectivity index (χ2v) is 6.80. The van der Waals surface area contributed by atoms with Crippen LogP contribution in [0.2, 0.25) is 0 Å². The number of hydrogen-bond donors (Lipinski definition) is 1. The molecule has 130 valence electrons. The number of methoxy groups -OCH3 is 1. The molecule has 6 nitrogen and oxygen atoms in total. The number of nitrogens with one attached hydrogen (secondary N) is 1. The summed E-state index contributed by atoms with van der Waals surface area (Å²) < 4.78 is 13.2. The van der Waals surface area contributed by atoms with E-state index in [1.54, 1.807) is 18.0 Å². The van der Waals surface area contributed by atoms with Crippen molar-refractivity contribution in [2.45, 2.75) is 39.5 Å². The van der Waals surface area contributed by atoms with Crippen LogP contribution in [-0.4, -0.2) is 34.8 Å². The van der Waals surface area contributed by atoms with E-state index >= 15 is 0 Å². The second kappa shape index (κ2) is 7.61. The Kier molecular flexibility index (Phi) is 5.77. The Morgan fingerprint density at radius 2 is 2.08 bits per heavy atom. The predicted molar refractivity (Wildman–Crippen MR) is 97.9 cm³/mol. The normalized spacial score (nSPS) is 11.9. The lowest BCUT2D eigenvalue weighted by Gasteiger charge is -2.15. The minimum absolute atomic E-state index is 0.166. The third-order valence-corrected chi connectivity index (χ3v) is 3.56. The maximum atomic E-state index is 5.66. The van der Waals surface area contributed by atoms with Crippen molar-refractivity contribution in [3.8, 4) is 11.5 Å². The molecule has 0 unspecified atom stereocenters. The molecular formula is C17H24N4O2S. The van der Waals surface area contributed by atoms with Gasteiger partial charge in [-0.25, -0.2) is 0 Å². The zero-order chi connectivity index (χ0) is 17.7. The molecule has 0 aliphatic heterocycles. The van der Waals surface area contributed by atoms with Crippen LogP contribution in [0.15, 0.2) is 23.3 Å². The van der Waals surface area contributed by atoms with Crippen LogP contribution in [0.25, 0.3) is 0 Å². The fourth-order valence-corrected chi connectivity index (χ4v) is 2.28. The van der Waals surface area contributed by atoms with Gasteiger partial charge in [-0.3, -0.25) is 5.10 Å². The summed E-state index contributed by atoms with van der Waals surface area (Å²) in [5.74, 6) is 2.18. The number of hydrogen-bond acceptors (Lipinski definition) is 5. The summed E-state index contributed by atoms with van der Waals surface area (Å²) in [4.78, 5) is 0. The van der Waals surface area contributed by atoms with E-state index in [4.69, 9.17) is 21.7 Å². The molecule has 0 fully saturated rings. The summed E-state index contributed by atoms with van der Waals surface area (Å²) in [6, 6.07) is 5.70. The molecule has 0 aliphatic carbocycles. The van der Waals surface area contributed by atoms with Crippen molar-refractivity contribution in [2.75, 3.05) is 13.7 Å². The number of nitrogens with zero attached hydrogens (tertiary/aromatic N) is 3. The van der Waals surface area contributed by atoms with Gasteiger partial charge in [0.2, 0.25) is 4.77 Å². The van der Waals surface area contributed by atoms with Gasteiger partial charge in [-0.2, -0.15) is 14.9 Å². The number of H-pyrrole nitrogens is 1. The first-order valence-corrected chi connectivity index (χ1v) is 8.30. The monoisotopic (exact) mass is 348 g/mol. The Labute approximate surface area is 147 Å². The molecule has 0 bridgehead atoms. The molecule has 0 amide bonds. The molecular weight excluding hydrogens is 324 g/mol. The van der Waals surface area contributed by atoms with Gasteiger partial charge in [0.25, 0.3) is 0 Å². The van der Waals surface area contributed by atoms with E-state index < -0.39 is 0 Å². The van der Waals surface area contributed by atoms with Crippen LogP contribution in [0.4, 0.5) is 0 Å². The molecule has 1 aromatic carbocycles.